The minimum absolute atomic E-state index is 0.205. The van der Waals surface area contributed by atoms with Crippen molar-refractivity contribution < 1.29 is 9.90 Å². The first-order chi connectivity index (χ1) is 7.97. The van der Waals surface area contributed by atoms with Gasteiger partial charge in [0, 0.05) is 24.7 Å². The Bertz CT molecular complexity index is 429. The number of hydrogen-bond donors (Lipinski definition) is 1. The van der Waals surface area contributed by atoms with E-state index in [-0.39, 0.29) is 18.4 Å². The zero-order valence-electron chi connectivity index (χ0n) is 9.32. The van der Waals surface area contributed by atoms with E-state index in [1.165, 1.54) is 11.3 Å². The molecule has 0 saturated carbocycles. The SMILES string of the molecule is CC(c1cc(Cl)sc1Cl)N1CC(CC(=O)O)C1. The number of thiophene rings is 1. The number of carboxylic acids is 1. The first-order valence-corrected chi connectivity index (χ1v) is 6.95. The second-order valence-corrected chi connectivity index (χ2v) is 6.66. The van der Waals surface area contributed by atoms with Crippen LogP contribution in [0.5, 0.6) is 0 Å². The molecule has 94 valence electrons. The Labute approximate surface area is 114 Å². The summed E-state index contributed by atoms with van der Waals surface area (Å²) in [7, 11) is 0. The molecule has 1 unspecified atom stereocenters. The standard InChI is InChI=1S/C11H13Cl2NO2S/c1-6(8-3-9(12)17-11(8)13)14-4-7(5-14)2-10(15)16/h3,6-7H,2,4-5H2,1H3,(H,15,16). The first-order valence-electron chi connectivity index (χ1n) is 5.38. The van der Waals surface area contributed by atoms with Crippen LogP contribution >= 0.6 is 34.5 Å². The van der Waals surface area contributed by atoms with Gasteiger partial charge in [0.2, 0.25) is 0 Å². The molecule has 2 heterocycles. The molecule has 0 radical (unpaired) electrons. The van der Waals surface area contributed by atoms with Crippen molar-refractivity contribution >= 4 is 40.5 Å². The molecule has 3 nitrogen and oxygen atoms in total. The van der Waals surface area contributed by atoms with E-state index in [0.717, 1.165) is 23.0 Å². The minimum Gasteiger partial charge on any atom is -0.481 e. The molecule has 1 aromatic rings. The zero-order valence-corrected chi connectivity index (χ0v) is 11.6. The zero-order chi connectivity index (χ0) is 12.6. The van der Waals surface area contributed by atoms with E-state index in [0.29, 0.717) is 4.34 Å². The molecule has 0 bridgehead atoms. The van der Waals surface area contributed by atoms with E-state index >= 15 is 0 Å². The molecule has 1 aliphatic rings. The van der Waals surface area contributed by atoms with Crippen LogP contribution in [0.3, 0.4) is 0 Å². The van der Waals surface area contributed by atoms with Crippen molar-refractivity contribution in [1.82, 2.24) is 4.90 Å². The Morgan fingerprint density at radius 2 is 2.29 bits per heavy atom. The summed E-state index contributed by atoms with van der Waals surface area (Å²) in [6.45, 7) is 3.70. The highest BCUT2D eigenvalue weighted by atomic mass is 35.5. The van der Waals surface area contributed by atoms with Gasteiger partial charge in [0.05, 0.1) is 15.1 Å². The molecule has 2 rings (SSSR count). The van der Waals surface area contributed by atoms with Gasteiger partial charge >= 0.3 is 5.97 Å². The summed E-state index contributed by atoms with van der Waals surface area (Å²) in [5, 5.41) is 8.68. The molecule has 0 aliphatic carbocycles. The van der Waals surface area contributed by atoms with E-state index in [4.69, 9.17) is 28.3 Å². The summed E-state index contributed by atoms with van der Waals surface area (Å²) in [5.74, 6) is -0.457. The third-order valence-electron chi connectivity index (χ3n) is 3.13. The summed E-state index contributed by atoms with van der Waals surface area (Å²) in [4.78, 5) is 12.8. The fraction of sp³-hybridized carbons (Fsp3) is 0.545. The summed E-state index contributed by atoms with van der Waals surface area (Å²) >= 11 is 13.4. The topological polar surface area (TPSA) is 40.5 Å². The number of carboxylic acid groups (broad SMARTS) is 1. The number of aliphatic carboxylic acids is 1. The predicted octanol–water partition coefficient (Wildman–Crippen LogP) is 3.52. The van der Waals surface area contributed by atoms with E-state index in [9.17, 15) is 4.79 Å². The number of nitrogens with zero attached hydrogens (tertiary/aromatic N) is 1. The van der Waals surface area contributed by atoms with Crippen molar-refractivity contribution in [2.45, 2.75) is 19.4 Å². The Hall–Kier alpha value is -0.290. The first kappa shape index (κ1) is 13.1. The second-order valence-electron chi connectivity index (χ2n) is 4.37. The number of rotatable bonds is 4. The van der Waals surface area contributed by atoms with Crippen LogP contribution in [0, 0.1) is 5.92 Å². The summed E-state index contributed by atoms with van der Waals surface area (Å²) in [6, 6.07) is 2.10. The van der Waals surface area contributed by atoms with E-state index in [1.807, 2.05) is 6.07 Å². The van der Waals surface area contributed by atoms with Crippen molar-refractivity contribution in [1.29, 1.82) is 0 Å². The van der Waals surface area contributed by atoms with E-state index < -0.39 is 5.97 Å². The highest BCUT2D eigenvalue weighted by Gasteiger charge is 2.33. The summed E-state index contributed by atoms with van der Waals surface area (Å²) in [6.07, 6.45) is 0.251. The van der Waals surface area contributed by atoms with E-state index in [2.05, 4.69) is 11.8 Å². The molecule has 17 heavy (non-hydrogen) atoms. The van der Waals surface area contributed by atoms with Gasteiger partial charge in [-0.3, -0.25) is 9.69 Å². The molecule has 1 aromatic heterocycles. The molecule has 1 saturated heterocycles. The average Bonchev–Trinajstić information content (AvgIpc) is 2.49. The van der Waals surface area contributed by atoms with Gasteiger partial charge in [-0.15, -0.1) is 11.3 Å². The molecular formula is C11H13Cl2NO2S. The Kier molecular flexibility index (Phi) is 3.98. The van der Waals surface area contributed by atoms with Crippen LogP contribution in [0.4, 0.5) is 0 Å². The smallest absolute Gasteiger partial charge is 0.303 e. The average molecular weight is 294 g/mol. The molecule has 0 spiro atoms. The predicted molar refractivity (Wildman–Crippen MR) is 70.1 cm³/mol. The summed E-state index contributed by atoms with van der Waals surface area (Å²) < 4.78 is 1.42. The molecule has 0 amide bonds. The lowest BCUT2D eigenvalue weighted by atomic mass is 9.93. The van der Waals surface area contributed by atoms with Gasteiger partial charge in [-0.1, -0.05) is 23.2 Å². The van der Waals surface area contributed by atoms with Crippen LogP contribution in [0.15, 0.2) is 6.07 Å². The summed E-state index contributed by atoms with van der Waals surface area (Å²) in [5.41, 5.74) is 1.04. The molecule has 1 fully saturated rings. The Morgan fingerprint density at radius 1 is 1.65 bits per heavy atom. The van der Waals surface area contributed by atoms with Crippen molar-refractivity contribution in [2.24, 2.45) is 5.92 Å². The second kappa shape index (κ2) is 5.14. The molecule has 1 aliphatic heterocycles. The van der Waals surface area contributed by atoms with Crippen molar-refractivity contribution in [2.75, 3.05) is 13.1 Å². The maximum atomic E-state index is 10.6. The van der Waals surface area contributed by atoms with Crippen molar-refractivity contribution in [3.63, 3.8) is 0 Å². The number of carbonyl (C=O) groups is 1. The van der Waals surface area contributed by atoms with Crippen LogP contribution < -0.4 is 0 Å². The maximum absolute atomic E-state index is 10.6. The number of hydrogen-bond acceptors (Lipinski definition) is 3. The van der Waals surface area contributed by atoms with Crippen molar-refractivity contribution in [3.05, 3.63) is 20.3 Å². The Morgan fingerprint density at radius 3 is 2.76 bits per heavy atom. The third kappa shape index (κ3) is 2.94. The van der Waals surface area contributed by atoms with Gasteiger partial charge < -0.3 is 5.11 Å². The van der Waals surface area contributed by atoms with Gasteiger partial charge in [-0.05, 0) is 18.9 Å². The molecule has 1 atom stereocenters. The van der Waals surface area contributed by atoms with Crippen LogP contribution in [0.1, 0.15) is 24.9 Å². The number of halogens is 2. The van der Waals surface area contributed by atoms with Gasteiger partial charge in [-0.2, -0.15) is 0 Å². The highest BCUT2D eigenvalue weighted by molar-refractivity contribution is 7.20. The Balaban J connectivity index is 1.93. The quantitative estimate of drug-likeness (QED) is 0.923. The van der Waals surface area contributed by atoms with Gasteiger partial charge in [-0.25, -0.2) is 0 Å². The lowest BCUT2D eigenvalue weighted by Crippen LogP contribution is -2.48. The van der Waals surface area contributed by atoms with E-state index in [1.54, 1.807) is 0 Å². The van der Waals surface area contributed by atoms with Gasteiger partial charge in [0.1, 0.15) is 0 Å². The normalized spacial score (nSPS) is 19.0. The minimum atomic E-state index is -0.723. The third-order valence-corrected chi connectivity index (χ3v) is 4.65. The van der Waals surface area contributed by atoms with Crippen LogP contribution in [0.25, 0.3) is 0 Å². The maximum Gasteiger partial charge on any atom is 0.303 e. The lowest BCUT2D eigenvalue weighted by Gasteiger charge is -2.42. The lowest BCUT2D eigenvalue weighted by molar-refractivity contribution is -0.139. The largest absolute Gasteiger partial charge is 0.481 e. The fourth-order valence-corrected chi connectivity index (χ4v) is 3.77. The molecule has 1 N–H and O–H groups in total. The van der Waals surface area contributed by atoms with Crippen LogP contribution in [0.2, 0.25) is 8.67 Å². The van der Waals surface area contributed by atoms with Crippen molar-refractivity contribution in [3.8, 4) is 0 Å². The van der Waals surface area contributed by atoms with Crippen LogP contribution in [-0.2, 0) is 4.79 Å². The molecule has 6 heteroatoms. The fourth-order valence-electron chi connectivity index (χ4n) is 2.14. The highest BCUT2D eigenvalue weighted by Crippen LogP contribution is 2.39. The van der Waals surface area contributed by atoms with Gasteiger partial charge in [0.25, 0.3) is 0 Å². The van der Waals surface area contributed by atoms with Crippen LogP contribution in [-0.4, -0.2) is 29.1 Å². The number of likely N-dealkylation sites (tertiary alicyclic amines) is 1. The molecular weight excluding hydrogens is 281 g/mol. The molecule has 0 aromatic carbocycles. The van der Waals surface area contributed by atoms with Gasteiger partial charge in [0.15, 0.2) is 0 Å². The monoisotopic (exact) mass is 293 g/mol.